The summed E-state index contributed by atoms with van der Waals surface area (Å²) in [5.74, 6) is 1.07. The van der Waals surface area contributed by atoms with Crippen LogP contribution in [0.1, 0.15) is 127 Å². The van der Waals surface area contributed by atoms with E-state index in [1.165, 1.54) is 64.2 Å². The zero-order valence-electron chi connectivity index (χ0n) is 27.6. The van der Waals surface area contributed by atoms with Gasteiger partial charge >= 0.3 is 0 Å². The Hall–Kier alpha value is -2.81. The molecule has 45 heavy (non-hydrogen) atoms. The second-order valence-electron chi connectivity index (χ2n) is 13.9. The third-order valence-corrected chi connectivity index (χ3v) is 10.9. The maximum Gasteiger partial charge on any atom is 0.166 e. The normalized spacial score (nSPS) is 22.2. The van der Waals surface area contributed by atoms with E-state index in [4.69, 9.17) is 0 Å². The largest absolute Gasteiger partial charge is 0.207 e. The first-order chi connectivity index (χ1) is 22.0. The van der Waals surface area contributed by atoms with Crippen molar-refractivity contribution in [2.75, 3.05) is 0 Å². The quantitative estimate of drug-likeness (QED) is 0.133. The zero-order chi connectivity index (χ0) is 31.6. The topological polar surface area (TPSA) is 0 Å². The van der Waals surface area contributed by atoms with E-state index in [0.29, 0.717) is 23.5 Å². The van der Waals surface area contributed by atoms with Crippen LogP contribution in [0.3, 0.4) is 0 Å². The minimum Gasteiger partial charge on any atom is -0.207 e. The van der Waals surface area contributed by atoms with Crippen LogP contribution >= 0.6 is 0 Å². The SMILES string of the molecule is CC=CC1CCC(C2CCC(c3ccc(-c4ccc(-c5ccc(CCCCCCCCC)c(F)c5F)cc4)cc3F)CC2)CC1. The van der Waals surface area contributed by atoms with Gasteiger partial charge in [0.2, 0.25) is 0 Å². The second-order valence-corrected chi connectivity index (χ2v) is 13.9. The lowest BCUT2D eigenvalue weighted by Gasteiger charge is -2.37. The lowest BCUT2D eigenvalue weighted by Crippen LogP contribution is -2.25. The van der Waals surface area contributed by atoms with E-state index in [0.717, 1.165) is 66.5 Å². The van der Waals surface area contributed by atoms with Gasteiger partial charge in [0, 0.05) is 5.56 Å². The van der Waals surface area contributed by atoms with Crippen LogP contribution in [0, 0.1) is 35.2 Å². The molecule has 0 heterocycles. The molecule has 0 aromatic heterocycles. The summed E-state index contributed by atoms with van der Waals surface area (Å²) in [5.41, 5.74) is 3.88. The number of halogens is 3. The lowest BCUT2D eigenvalue weighted by molar-refractivity contribution is 0.171. The Balaban J connectivity index is 1.15. The predicted octanol–water partition coefficient (Wildman–Crippen LogP) is 13.4. The molecular weight excluding hydrogens is 561 g/mol. The number of hydrogen-bond acceptors (Lipinski definition) is 0. The van der Waals surface area contributed by atoms with Crippen molar-refractivity contribution >= 4 is 0 Å². The molecule has 2 saturated carbocycles. The average molecular weight is 615 g/mol. The Morgan fingerprint density at radius 1 is 0.622 bits per heavy atom. The smallest absolute Gasteiger partial charge is 0.166 e. The van der Waals surface area contributed by atoms with Crippen LogP contribution in [-0.4, -0.2) is 0 Å². The van der Waals surface area contributed by atoms with Gasteiger partial charge < -0.3 is 0 Å². The average Bonchev–Trinajstić information content (AvgIpc) is 3.07. The highest BCUT2D eigenvalue weighted by Gasteiger charge is 2.31. The van der Waals surface area contributed by atoms with Crippen molar-refractivity contribution in [1.82, 2.24) is 0 Å². The first-order valence-electron chi connectivity index (χ1n) is 18.0. The second kappa shape index (κ2) is 16.7. The summed E-state index contributed by atoms with van der Waals surface area (Å²) in [5, 5.41) is 0. The van der Waals surface area contributed by atoms with Gasteiger partial charge in [-0.05, 0) is 129 Å². The molecule has 0 radical (unpaired) electrons. The molecule has 5 rings (SSSR count). The van der Waals surface area contributed by atoms with Crippen molar-refractivity contribution in [3.63, 3.8) is 0 Å². The summed E-state index contributed by atoms with van der Waals surface area (Å²) in [6, 6.07) is 16.4. The first kappa shape index (κ1) is 33.6. The number of unbranched alkanes of at least 4 members (excludes halogenated alkanes) is 6. The number of allylic oxidation sites excluding steroid dienone is 2. The third kappa shape index (κ3) is 8.72. The van der Waals surface area contributed by atoms with Crippen LogP contribution in [0.5, 0.6) is 0 Å². The zero-order valence-corrected chi connectivity index (χ0v) is 27.6. The fraction of sp³-hybridized carbons (Fsp3) is 0.524. The summed E-state index contributed by atoms with van der Waals surface area (Å²) in [4.78, 5) is 0. The number of benzene rings is 3. The summed E-state index contributed by atoms with van der Waals surface area (Å²) in [6.07, 6.45) is 23.1. The summed E-state index contributed by atoms with van der Waals surface area (Å²) in [6.45, 7) is 4.33. The molecular formula is C42H53F3. The van der Waals surface area contributed by atoms with Crippen LogP contribution in [0.25, 0.3) is 22.3 Å². The highest BCUT2D eigenvalue weighted by molar-refractivity contribution is 5.71. The van der Waals surface area contributed by atoms with E-state index < -0.39 is 11.6 Å². The van der Waals surface area contributed by atoms with Crippen LogP contribution in [0.2, 0.25) is 0 Å². The Bertz CT molecular complexity index is 1370. The molecule has 2 aliphatic carbocycles. The van der Waals surface area contributed by atoms with Crippen LogP contribution < -0.4 is 0 Å². The van der Waals surface area contributed by atoms with E-state index in [1.54, 1.807) is 18.2 Å². The van der Waals surface area contributed by atoms with Gasteiger partial charge in [-0.25, -0.2) is 13.2 Å². The van der Waals surface area contributed by atoms with E-state index in [1.807, 2.05) is 36.4 Å². The van der Waals surface area contributed by atoms with Crippen molar-refractivity contribution in [2.45, 2.75) is 122 Å². The van der Waals surface area contributed by atoms with Crippen molar-refractivity contribution in [3.8, 4) is 22.3 Å². The lowest BCUT2D eigenvalue weighted by atomic mass is 9.68. The molecule has 2 aliphatic rings. The number of hydrogen-bond donors (Lipinski definition) is 0. The minimum absolute atomic E-state index is 0.128. The van der Waals surface area contributed by atoms with Gasteiger partial charge in [-0.2, -0.15) is 0 Å². The Labute approximate surface area is 270 Å². The van der Waals surface area contributed by atoms with Gasteiger partial charge in [-0.1, -0.05) is 106 Å². The summed E-state index contributed by atoms with van der Waals surface area (Å²) < 4.78 is 45.5. The van der Waals surface area contributed by atoms with E-state index in [2.05, 4.69) is 26.0 Å². The predicted molar refractivity (Wildman–Crippen MR) is 184 cm³/mol. The minimum atomic E-state index is -0.783. The maximum atomic E-state index is 15.5. The van der Waals surface area contributed by atoms with Gasteiger partial charge in [0.25, 0.3) is 0 Å². The summed E-state index contributed by atoms with van der Waals surface area (Å²) >= 11 is 0. The highest BCUT2D eigenvalue weighted by atomic mass is 19.2. The van der Waals surface area contributed by atoms with Gasteiger partial charge in [0.1, 0.15) is 5.82 Å². The fourth-order valence-electron chi connectivity index (χ4n) is 8.14. The number of rotatable bonds is 13. The standard InChI is InChI=1S/C42H53F3/c1-3-5-6-7-8-9-10-12-36-25-28-39(42(45)41(36)44)35-23-19-33(20-24-35)37-26-27-38(40(43)29-37)34-21-17-32(18-22-34)31-15-13-30(11-4-2)14-16-31/h4,11,19-20,23-32,34H,3,5-10,12-18,21-22H2,1-2H3. The van der Waals surface area contributed by atoms with E-state index in [-0.39, 0.29) is 11.4 Å². The Kier molecular flexibility index (Phi) is 12.4. The molecule has 0 N–H and O–H groups in total. The summed E-state index contributed by atoms with van der Waals surface area (Å²) in [7, 11) is 0. The molecule has 3 aromatic rings. The van der Waals surface area contributed by atoms with Gasteiger partial charge in [0.05, 0.1) is 0 Å². The monoisotopic (exact) mass is 614 g/mol. The van der Waals surface area contributed by atoms with Gasteiger partial charge in [0.15, 0.2) is 11.6 Å². The Morgan fingerprint density at radius 3 is 1.87 bits per heavy atom. The molecule has 0 unspecified atom stereocenters. The van der Waals surface area contributed by atoms with Gasteiger partial charge in [-0.15, -0.1) is 0 Å². The van der Waals surface area contributed by atoms with Crippen molar-refractivity contribution in [1.29, 1.82) is 0 Å². The fourth-order valence-corrected chi connectivity index (χ4v) is 8.14. The van der Waals surface area contributed by atoms with E-state index in [9.17, 15) is 4.39 Å². The molecule has 0 nitrogen and oxygen atoms in total. The molecule has 3 aromatic carbocycles. The molecule has 0 saturated heterocycles. The molecule has 0 atom stereocenters. The highest BCUT2D eigenvalue weighted by Crippen LogP contribution is 2.45. The molecule has 3 heteroatoms. The van der Waals surface area contributed by atoms with Gasteiger partial charge in [-0.3, -0.25) is 0 Å². The molecule has 0 bridgehead atoms. The Morgan fingerprint density at radius 2 is 1.22 bits per heavy atom. The van der Waals surface area contributed by atoms with Crippen LogP contribution in [0.4, 0.5) is 13.2 Å². The molecule has 0 aliphatic heterocycles. The van der Waals surface area contributed by atoms with Crippen LogP contribution in [0.15, 0.2) is 66.7 Å². The first-order valence-corrected chi connectivity index (χ1v) is 18.0. The third-order valence-electron chi connectivity index (χ3n) is 10.9. The molecule has 2 fully saturated rings. The van der Waals surface area contributed by atoms with Crippen molar-refractivity contribution in [2.24, 2.45) is 17.8 Å². The van der Waals surface area contributed by atoms with Crippen molar-refractivity contribution in [3.05, 3.63) is 95.3 Å². The van der Waals surface area contributed by atoms with Crippen LogP contribution in [-0.2, 0) is 6.42 Å². The van der Waals surface area contributed by atoms with E-state index >= 15 is 8.78 Å². The molecule has 0 spiro atoms. The number of aryl methyl sites for hydroxylation is 1. The molecule has 0 amide bonds. The maximum absolute atomic E-state index is 15.5. The molecule has 242 valence electrons. The van der Waals surface area contributed by atoms with Crippen molar-refractivity contribution < 1.29 is 13.2 Å².